The van der Waals surface area contributed by atoms with Gasteiger partial charge in [-0.15, -0.1) is 0 Å². The van der Waals surface area contributed by atoms with E-state index in [2.05, 4.69) is 36.8 Å². The molecular weight excluding hydrogens is 267 g/mol. The number of hydrogen-bond acceptors (Lipinski definition) is 1. The van der Waals surface area contributed by atoms with E-state index in [1.165, 1.54) is 17.0 Å². The van der Waals surface area contributed by atoms with E-state index in [0.29, 0.717) is 10.0 Å². The number of halogens is 2. The summed E-state index contributed by atoms with van der Waals surface area (Å²) in [6, 6.07) is 7.77. The van der Waals surface area contributed by atoms with Crippen molar-refractivity contribution in [2.45, 2.75) is 20.4 Å². The lowest BCUT2D eigenvalue weighted by Crippen LogP contribution is -2.01. The van der Waals surface area contributed by atoms with Crippen LogP contribution >= 0.6 is 23.2 Å². The standard InChI is InChI=1S/C14H16Cl2N2/c1-9-6-11(10(2)18(9)3)8-17-12-4-5-13(15)14(16)7-12/h4-7,17H,8H2,1-3H3. The van der Waals surface area contributed by atoms with Gasteiger partial charge in [0.25, 0.3) is 0 Å². The van der Waals surface area contributed by atoms with Crippen LogP contribution in [0.1, 0.15) is 17.0 Å². The Morgan fingerprint density at radius 1 is 1.11 bits per heavy atom. The highest BCUT2D eigenvalue weighted by molar-refractivity contribution is 6.42. The molecule has 0 saturated heterocycles. The Labute approximate surface area is 118 Å². The van der Waals surface area contributed by atoms with E-state index in [-0.39, 0.29) is 0 Å². The molecule has 0 amide bonds. The molecule has 0 aliphatic carbocycles. The summed E-state index contributed by atoms with van der Waals surface area (Å²) >= 11 is 11.9. The molecule has 1 N–H and O–H groups in total. The fourth-order valence-corrected chi connectivity index (χ4v) is 2.21. The Hall–Kier alpha value is -1.12. The highest BCUT2D eigenvalue weighted by Gasteiger charge is 2.06. The first-order valence-electron chi connectivity index (χ1n) is 5.79. The van der Waals surface area contributed by atoms with Gasteiger partial charge < -0.3 is 9.88 Å². The maximum Gasteiger partial charge on any atom is 0.0612 e. The maximum absolute atomic E-state index is 5.98. The Morgan fingerprint density at radius 2 is 1.83 bits per heavy atom. The van der Waals surface area contributed by atoms with Crippen molar-refractivity contribution >= 4 is 28.9 Å². The number of aromatic nitrogens is 1. The molecule has 1 aromatic carbocycles. The molecule has 1 aromatic heterocycles. The number of aryl methyl sites for hydroxylation is 1. The summed E-state index contributed by atoms with van der Waals surface area (Å²) < 4.78 is 2.19. The van der Waals surface area contributed by atoms with Crippen LogP contribution in [0.2, 0.25) is 10.0 Å². The van der Waals surface area contributed by atoms with Crippen LogP contribution in [-0.2, 0) is 13.6 Å². The van der Waals surface area contributed by atoms with E-state index >= 15 is 0 Å². The molecule has 2 nitrogen and oxygen atoms in total. The van der Waals surface area contributed by atoms with Crippen molar-refractivity contribution in [2.75, 3.05) is 5.32 Å². The zero-order valence-electron chi connectivity index (χ0n) is 10.7. The average Bonchev–Trinajstić information content (AvgIpc) is 2.58. The molecule has 0 aliphatic heterocycles. The molecule has 0 fully saturated rings. The van der Waals surface area contributed by atoms with Crippen LogP contribution in [0.15, 0.2) is 24.3 Å². The second kappa shape index (κ2) is 5.25. The number of hydrogen-bond donors (Lipinski definition) is 1. The van der Waals surface area contributed by atoms with Gasteiger partial charge in [0.1, 0.15) is 0 Å². The fraction of sp³-hybridized carbons (Fsp3) is 0.286. The third-order valence-corrected chi connectivity index (χ3v) is 4.02. The molecule has 0 spiro atoms. The normalized spacial score (nSPS) is 10.7. The van der Waals surface area contributed by atoms with Gasteiger partial charge in [-0.05, 0) is 43.7 Å². The van der Waals surface area contributed by atoms with Crippen molar-refractivity contribution in [3.05, 3.63) is 51.3 Å². The molecule has 2 aromatic rings. The molecule has 96 valence electrons. The lowest BCUT2D eigenvalue weighted by molar-refractivity contribution is 0.837. The largest absolute Gasteiger partial charge is 0.381 e. The second-order valence-corrected chi connectivity index (χ2v) is 5.25. The molecule has 0 unspecified atom stereocenters. The number of nitrogens with one attached hydrogen (secondary N) is 1. The molecule has 0 aliphatic rings. The van der Waals surface area contributed by atoms with Crippen molar-refractivity contribution in [3.63, 3.8) is 0 Å². The first-order chi connectivity index (χ1) is 8.49. The summed E-state index contributed by atoms with van der Waals surface area (Å²) in [5.41, 5.74) is 4.81. The molecule has 0 radical (unpaired) electrons. The van der Waals surface area contributed by atoms with Gasteiger partial charge in [0.2, 0.25) is 0 Å². The van der Waals surface area contributed by atoms with Crippen molar-refractivity contribution in [1.29, 1.82) is 0 Å². The zero-order valence-corrected chi connectivity index (χ0v) is 12.2. The van der Waals surface area contributed by atoms with Gasteiger partial charge in [0, 0.05) is 30.7 Å². The van der Waals surface area contributed by atoms with E-state index in [4.69, 9.17) is 23.2 Å². The Bertz CT molecular complexity index is 573. The summed E-state index contributed by atoms with van der Waals surface area (Å²) in [4.78, 5) is 0. The summed E-state index contributed by atoms with van der Waals surface area (Å²) in [5, 5.41) is 4.50. The molecule has 4 heteroatoms. The summed E-state index contributed by atoms with van der Waals surface area (Å²) in [6.07, 6.45) is 0. The predicted molar refractivity (Wildman–Crippen MR) is 78.7 cm³/mol. The number of benzene rings is 1. The van der Waals surface area contributed by atoms with Crippen molar-refractivity contribution in [3.8, 4) is 0 Å². The van der Waals surface area contributed by atoms with Crippen LogP contribution in [-0.4, -0.2) is 4.57 Å². The lowest BCUT2D eigenvalue weighted by atomic mass is 10.2. The Morgan fingerprint density at radius 3 is 2.39 bits per heavy atom. The predicted octanol–water partition coefficient (Wildman–Crippen LogP) is 4.56. The average molecular weight is 283 g/mol. The van der Waals surface area contributed by atoms with Gasteiger partial charge in [-0.3, -0.25) is 0 Å². The molecule has 2 rings (SSSR count). The van der Waals surface area contributed by atoms with E-state index in [1.54, 1.807) is 6.07 Å². The lowest BCUT2D eigenvalue weighted by Gasteiger charge is -2.08. The maximum atomic E-state index is 5.98. The minimum Gasteiger partial charge on any atom is -0.381 e. The van der Waals surface area contributed by atoms with Gasteiger partial charge in [0.15, 0.2) is 0 Å². The monoisotopic (exact) mass is 282 g/mol. The van der Waals surface area contributed by atoms with Gasteiger partial charge in [-0.1, -0.05) is 23.2 Å². The fourth-order valence-electron chi connectivity index (χ4n) is 1.92. The second-order valence-electron chi connectivity index (χ2n) is 4.44. The topological polar surface area (TPSA) is 17.0 Å². The summed E-state index contributed by atoms with van der Waals surface area (Å²) in [7, 11) is 2.08. The van der Waals surface area contributed by atoms with Gasteiger partial charge in [-0.25, -0.2) is 0 Å². The number of anilines is 1. The van der Waals surface area contributed by atoms with Crippen LogP contribution in [0.3, 0.4) is 0 Å². The van der Waals surface area contributed by atoms with Gasteiger partial charge in [-0.2, -0.15) is 0 Å². The summed E-state index contributed by atoms with van der Waals surface area (Å²) in [5.74, 6) is 0. The SMILES string of the molecule is Cc1cc(CNc2ccc(Cl)c(Cl)c2)c(C)n1C. The number of rotatable bonds is 3. The first kappa shape index (κ1) is 13.3. The van der Waals surface area contributed by atoms with Crippen molar-refractivity contribution in [2.24, 2.45) is 7.05 Å². The van der Waals surface area contributed by atoms with Crippen molar-refractivity contribution in [1.82, 2.24) is 4.57 Å². The van der Waals surface area contributed by atoms with Crippen LogP contribution < -0.4 is 5.32 Å². The minimum atomic E-state index is 0.572. The van der Waals surface area contributed by atoms with Crippen LogP contribution in [0.25, 0.3) is 0 Å². The van der Waals surface area contributed by atoms with E-state index in [9.17, 15) is 0 Å². The highest BCUT2D eigenvalue weighted by atomic mass is 35.5. The highest BCUT2D eigenvalue weighted by Crippen LogP contribution is 2.25. The van der Waals surface area contributed by atoms with Gasteiger partial charge >= 0.3 is 0 Å². The van der Waals surface area contributed by atoms with Crippen LogP contribution in [0.5, 0.6) is 0 Å². The molecule has 18 heavy (non-hydrogen) atoms. The molecule has 1 heterocycles. The third kappa shape index (κ3) is 2.65. The third-order valence-electron chi connectivity index (χ3n) is 3.28. The zero-order chi connectivity index (χ0) is 13.3. The van der Waals surface area contributed by atoms with Gasteiger partial charge in [0.05, 0.1) is 10.0 Å². The molecular formula is C14H16Cl2N2. The molecule has 0 atom stereocenters. The molecule has 0 bridgehead atoms. The van der Waals surface area contributed by atoms with E-state index < -0.39 is 0 Å². The number of nitrogens with zero attached hydrogens (tertiary/aromatic N) is 1. The smallest absolute Gasteiger partial charge is 0.0612 e. The Balaban J connectivity index is 2.11. The van der Waals surface area contributed by atoms with Crippen molar-refractivity contribution < 1.29 is 0 Å². The van der Waals surface area contributed by atoms with E-state index in [0.717, 1.165) is 12.2 Å². The quantitative estimate of drug-likeness (QED) is 0.873. The summed E-state index contributed by atoms with van der Waals surface area (Å²) in [6.45, 7) is 5.01. The van der Waals surface area contributed by atoms with E-state index in [1.807, 2.05) is 12.1 Å². The first-order valence-corrected chi connectivity index (χ1v) is 6.55. The minimum absolute atomic E-state index is 0.572. The molecule has 0 saturated carbocycles. The Kier molecular flexibility index (Phi) is 3.88. The van der Waals surface area contributed by atoms with Crippen LogP contribution in [0, 0.1) is 13.8 Å². The van der Waals surface area contributed by atoms with Crippen LogP contribution in [0.4, 0.5) is 5.69 Å².